The maximum absolute atomic E-state index is 10.2. The molecule has 0 heterocycles. The summed E-state index contributed by atoms with van der Waals surface area (Å²) < 4.78 is 20.3. The van der Waals surface area contributed by atoms with E-state index in [0.717, 1.165) is 0 Å². The van der Waals surface area contributed by atoms with E-state index in [1.54, 1.807) is 0 Å². The summed E-state index contributed by atoms with van der Waals surface area (Å²) in [6.07, 6.45) is -0.333. The Morgan fingerprint density at radius 1 is 1.00 bits per heavy atom. The summed E-state index contributed by atoms with van der Waals surface area (Å²) in [5, 5.41) is 0. The van der Waals surface area contributed by atoms with Gasteiger partial charge in [0.2, 0.25) is 0 Å². The van der Waals surface area contributed by atoms with Crippen LogP contribution in [-0.2, 0) is 22.4 Å². The van der Waals surface area contributed by atoms with E-state index in [2.05, 4.69) is 0 Å². The molecular formula is C2H2AgF2. The molecule has 0 amide bonds. The fourth-order valence-corrected chi connectivity index (χ4v) is 0. The third kappa shape index (κ3) is 13.2. The average molecular weight is 172 g/mol. The minimum Gasteiger partial charge on any atom is -0.213 e. The molecule has 3 heteroatoms. The summed E-state index contributed by atoms with van der Waals surface area (Å²) in [7, 11) is 0. The zero-order valence-electron chi connectivity index (χ0n) is 2.21. The summed E-state index contributed by atoms with van der Waals surface area (Å²) in [5.74, 6) is 0. The van der Waals surface area contributed by atoms with Crippen LogP contribution in [0.25, 0.3) is 0 Å². The van der Waals surface area contributed by atoms with E-state index in [1.165, 1.54) is 0 Å². The van der Waals surface area contributed by atoms with Crippen LogP contribution in [0.4, 0.5) is 8.78 Å². The van der Waals surface area contributed by atoms with Gasteiger partial charge in [-0.15, -0.1) is 0 Å². The summed E-state index contributed by atoms with van der Waals surface area (Å²) in [6, 6.07) is 0. The molecule has 0 nitrogen and oxygen atoms in total. The standard InChI is InChI=1S/C2H2F2.Ag/c3-1-2-4;/h1-2H;. The minimum atomic E-state index is -0.167. The van der Waals surface area contributed by atoms with Gasteiger partial charge < -0.3 is 0 Å². The molecule has 0 fully saturated rings. The van der Waals surface area contributed by atoms with Gasteiger partial charge in [0, 0.05) is 22.4 Å². The Hall–Kier alpha value is 0.340. The Bertz CT molecular complexity index is 22.8. The summed E-state index contributed by atoms with van der Waals surface area (Å²) in [6.45, 7) is 0. The Labute approximate surface area is 44.4 Å². The smallest absolute Gasteiger partial charge is 0.115 e. The number of rotatable bonds is 0. The molecule has 0 bridgehead atoms. The molecule has 0 saturated carbocycles. The van der Waals surface area contributed by atoms with E-state index in [4.69, 9.17) is 0 Å². The van der Waals surface area contributed by atoms with Crippen molar-refractivity contribution in [2.45, 2.75) is 0 Å². The molecule has 0 unspecified atom stereocenters. The molecule has 0 spiro atoms. The fraction of sp³-hybridized carbons (Fsp3) is 0. The van der Waals surface area contributed by atoms with Crippen LogP contribution in [0.2, 0.25) is 0 Å². The second-order valence-corrected chi connectivity index (χ2v) is 0.252. The summed E-state index contributed by atoms with van der Waals surface area (Å²) >= 11 is 0. The molecule has 0 aliphatic rings. The first-order valence-corrected chi connectivity index (χ1v) is 0.770. The Kier molecular flexibility index (Phi) is 15.9. The predicted octanol–water partition coefficient (Wildman–Crippen LogP) is 1.39. The van der Waals surface area contributed by atoms with E-state index >= 15 is 0 Å². The average Bonchev–Trinajstić information content (AvgIpc) is 1.37. The van der Waals surface area contributed by atoms with Gasteiger partial charge in [0.1, 0.15) is 12.7 Å². The van der Waals surface area contributed by atoms with E-state index < -0.39 is 0 Å². The Balaban J connectivity index is 0. The largest absolute Gasteiger partial charge is 0.213 e. The van der Waals surface area contributed by atoms with Crippen LogP contribution in [0, 0.1) is 0 Å². The molecule has 0 aromatic carbocycles. The van der Waals surface area contributed by atoms with Crippen molar-refractivity contribution in [3.05, 3.63) is 12.7 Å². The summed E-state index contributed by atoms with van der Waals surface area (Å²) in [5.41, 5.74) is 0. The molecule has 0 aromatic heterocycles. The van der Waals surface area contributed by atoms with Gasteiger partial charge in [-0.2, -0.15) is 0 Å². The molecule has 0 rings (SSSR count). The van der Waals surface area contributed by atoms with Gasteiger partial charge >= 0.3 is 0 Å². The van der Waals surface area contributed by atoms with Crippen LogP contribution >= 0.6 is 0 Å². The van der Waals surface area contributed by atoms with Crippen molar-refractivity contribution in [1.82, 2.24) is 0 Å². The van der Waals surface area contributed by atoms with Crippen molar-refractivity contribution in [3.63, 3.8) is 0 Å². The van der Waals surface area contributed by atoms with Gasteiger partial charge in [0.25, 0.3) is 0 Å². The molecule has 35 valence electrons. The number of hydrogen-bond acceptors (Lipinski definition) is 0. The topological polar surface area (TPSA) is 0 Å². The molecule has 0 saturated heterocycles. The van der Waals surface area contributed by atoms with Crippen LogP contribution in [0.15, 0.2) is 12.7 Å². The van der Waals surface area contributed by atoms with Crippen LogP contribution < -0.4 is 0 Å². The van der Waals surface area contributed by atoms with Crippen LogP contribution in [-0.4, -0.2) is 0 Å². The van der Waals surface area contributed by atoms with E-state index in [-0.39, 0.29) is 35.0 Å². The van der Waals surface area contributed by atoms with E-state index in [9.17, 15) is 8.78 Å². The first kappa shape index (κ1) is 9.02. The second-order valence-electron chi connectivity index (χ2n) is 0.252. The zero-order chi connectivity index (χ0) is 3.41. The third-order valence-electron chi connectivity index (χ3n) is 0.0476. The first-order valence-electron chi connectivity index (χ1n) is 0.770. The van der Waals surface area contributed by atoms with Crippen molar-refractivity contribution < 1.29 is 31.2 Å². The number of hydrogen-bond donors (Lipinski definition) is 0. The normalized spacial score (nSPS) is 7.60. The molecule has 0 atom stereocenters. The predicted molar refractivity (Wildman–Crippen MR) is 11.4 cm³/mol. The van der Waals surface area contributed by atoms with Gasteiger partial charge in [-0.05, 0) is 0 Å². The van der Waals surface area contributed by atoms with Crippen molar-refractivity contribution in [2.24, 2.45) is 0 Å². The molecule has 0 aliphatic carbocycles. The van der Waals surface area contributed by atoms with Gasteiger partial charge in [-0.3, -0.25) is 0 Å². The van der Waals surface area contributed by atoms with Crippen molar-refractivity contribution in [3.8, 4) is 0 Å². The molecule has 0 aromatic rings. The summed E-state index contributed by atoms with van der Waals surface area (Å²) in [4.78, 5) is 0. The zero-order valence-corrected chi connectivity index (χ0v) is 3.69. The Morgan fingerprint density at radius 2 is 1.20 bits per heavy atom. The SMILES string of the molecule is FC=CF.[Ag]. The van der Waals surface area contributed by atoms with Gasteiger partial charge in [-0.25, -0.2) is 8.78 Å². The van der Waals surface area contributed by atoms with Crippen LogP contribution in [0.1, 0.15) is 0 Å². The quantitative estimate of drug-likeness (QED) is 0.484. The molecule has 1 radical (unpaired) electrons. The minimum absolute atomic E-state index is 0. The maximum Gasteiger partial charge on any atom is 0.115 e. The van der Waals surface area contributed by atoms with Crippen LogP contribution in [0.5, 0.6) is 0 Å². The van der Waals surface area contributed by atoms with E-state index in [1.807, 2.05) is 0 Å². The van der Waals surface area contributed by atoms with Crippen LogP contribution in [0.3, 0.4) is 0 Å². The monoisotopic (exact) mass is 171 g/mol. The second kappa shape index (κ2) is 8.84. The molecular weight excluding hydrogens is 170 g/mol. The van der Waals surface area contributed by atoms with Gasteiger partial charge in [-0.1, -0.05) is 0 Å². The number of halogens is 2. The Morgan fingerprint density at radius 3 is 1.20 bits per heavy atom. The first-order chi connectivity index (χ1) is 1.91. The van der Waals surface area contributed by atoms with E-state index in [0.29, 0.717) is 0 Å². The molecule has 5 heavy (non-hydrogen) atoms. The fourth-order valence-electron chi connectivity index (χ4n) is 0. The van der Waals surface area contributed by atoms with Gasteiger partial charge in [0.05, 0.1) is 0 Å². The maximum atomic E-state index is 10.2. The molecule has 0 aliphatic heterocycles. The van der Waals surface area contributed by atoms with Gasteiger partial charge in [0.15, 0.2) is 0 Å². The van der Waals surface area contributed by atoms with Crippen molar-refractivity contribution in [2.75, 3.05) is 0 Å². The molecule has 0 N–H and O–H groups in total. The third-order valence-corrected chi connectivity index (χ3v) is 0.0476. The van der Waals surface area contributed by atoms with Crippen molar-refractivity contribution in [1.29, 1.82) is 0 Å². The van der Waals surface area contributed by atoms with Crippen molar-refractivity contribution >= 4 is 0 Å².